The number of hydrogen-bond donors (Lipinski definition) is 0. The number of rotatable bonds is 4. The van der Waals surface area contributed by atoms with Crippen molar-refractivity contribution in [2.24, 2.45) is 0 Å². The predicted octanol–water partition coefficient (Wildman–Crippen LogP) is 3.25. The topological polar surface area (TPSA) is 52.0 Å². The molecule has 4 nitrogen and oxygen atoms in total. The van der Waals surface area contributed by atoms with Crippen molar-refractivity contribution in [3.8, 4) is 0 Å². The molecule has 0 aliphatic heterocycles. The molecule has 0 aliphatic rings. The maximum atomic E-state index is 11.3. The zero-order chi connectivity index (χ0) is 13.2. The second-order valence-corrected chi connectivity index (χ2v) is 7.78. The minimum atomic E-state index is -3.69. The van der Waals surface area contributed by atoms with Crippen molar-refractivity contribution in [2.45, 2.75) is 11.3 Å². The zero-order valence-corrected chi connectivity index (χ0v) is 13.5. The van der Waals surface area contributed by atoms with Crippen LogP contribution in [0.5, 0.6) is 0 Å². The molecule has 0 saturated carbocycles. The van der Waals surface area contributed by atoms with E-state index in [1.165, 1.54) is 15.3 Å². The van der Waals surface area contributed by atoms with Crippen LogP contribution in [0.15, 0.2) is 41.6 Å². The van der Waals surface area contributed by atoms with E-state index in [0.717, 1.165) is 11.4 Å². The largest absolute Gasteiger partial charge is 0.285 e. The quantitative estimate of drug-likeness (QED) is 0.569. The maximum Gasteiger partial charge on any atom is 0.262 e. The molecule has 0 atom stereocenters. The molecule has 0 bridgehead atoms. The Kier molecular flexibility index (Phi) is 4.57. The van der Waals surface area contributed by atoms with Crippen LogP contribution in [-0.2, 0) is 15.5 Å². The molecule has 2 rings (SSSR count). The van der Waals surface area contributed by atoms with Crippen molar-refractivity contribution in [2.75, 3.05) is 0 Å². The Hall–Kier alpha value is -0.250. The highest BCUT2D eigenvalue weighted by Crippen LogP contribution is 2.26. The molecule has 0 amide bonds. The number of halogens is 2. The minimum Gasteiger partial charge on any atom is -0.285 e. The van der Waals surface area contributed by atoms with Gasteiger partial charge < -0.3 is 0 Å². The fourth-order valence-corrected chi connectivity index (χ4v) is 3.77. The lowest BCUT2D eigenvalue weighted by Crippen LogP contribution is -1.95. The molecule has 0 aromatic carbocycles. The van der Waals surface area contributed by atoms with Crippen LogP contribution in [0.25, 0.3) is 0 Å². The summed E-state index contributed by atoms with van der Waals surface area (Å²) in [5, 5.41) is 0. The third kappa shape index (κ3) is 3.40. The molecule has 0 spiro atoms. The molecule has 0 fully saturated rings. The first-order valence-corrected chi connectivity index (χ1v) is 10.5. The monoisotopic (exact) mass is 414 g/mol. The van der Waals surface area contributed by atoms with Crippen molar-refractivity contribution < 1.29 is 8.42 Å². The summed E-state index contributed by atoms with van der Waals surface area (Å²) in [6, 6.07) is 7.20. The molecular weight excluding hydrogens is 407 g/mol. The SMILES string of the molecule is O=S(=O)(Cl)c1cc(Cc2ccccn2)n(SI)c1. The highest BCUT2D eigenvalue weighted by molar-refractivity contribution is 14.2. The molecular formula is C10H8ClIN2O2S2. The van der Waals surface area contributed by atoms with Gasteiger partial charge in [0, 0.05) is 71.2 Å². The average Bonchev–Trinajstić information content (AvgIpc) is 2.73. The predicted molar refractivity (Wildman–Crippen MR) is 81.5 cm³/mol. The summed E-state index contributed by atoms with van der Waals surface area (Å²) in [6.45, 7) is 0. The Labute approximate surface area is 126 Å². The van der Waals surface area contributed by atoms with Crippen LogP contribution in [0.1, 0.15) is 11.4 Å². The van der Waals surface area contributed by atoms with Crippen LogP contribution in [-0.4, -0.2) is 17.4 Å². The van der Waals surface area contributed by atoms with Crippen molar-refractivity contribution in [3.63, 3.8) is 0 Å². The van der Waals surface area contributed by atoms with Crippen LogP contribution in [0.3, 0.4) is 0 Å². The van der Waals surface area contributed by atoms with Gasteiger partial charge >= 0.3 is 0 Å². The van der Waals surface area contributed by atoms with Crippen molar-refractivity contribution in [3.05, 3.63) is 48.0 Å². The van der Waals surface area contributed by atoms with Gasteiger partial charge in [-0.15, -0.1) is 0 Å². The van der Waals surface area contributed by atoms with E-state index in [1.807, 2.05) is 18.2 Å². The summed E-state index contributed by atoms with van der Waals surface area (Å²) >= 11 is 2.08. The Balaban J connectivity index is 2.36. The van der Waals surface area contributed by atoms with Gasteiger partial charge in [-0.2, -0.15) is 0 Å². The van der Waals surface area contributed by atoms with Crippen molar-refractivity contribution >= 4 is 50.1 Å². The summed E-state index contributed by atoms with van der Waals surface area (Å²) in [4.78, 5) is 4.32. The van der Waals surface area contributed by atoms with Gasteiger partial charge in [0.1, 0.15) is 4.90 Å². The third-order valence-electron chi connectivity index (χ3n) is 2.28. The van der Waals surface area contributed by atoms with Gasteiger partial charge in [-0.25, -0.2) is 8.42 Å². The lowest BCUT2D eigenvalue weighted by atomic mass is 10.2. The van der Waals surface area contributed by atoms with Crippen LogP contribution in [0.4, 0.5) is 0 Å². The number of nitrogens with zero attached hydrogens (tertiary/aromatic N) is 2. The molecule has 0 aliphatic carbocycles. The Morgan fingerprint density at radius 2 is 2.22 bits per heavy atom. The Morgan fingerprint density at radius 3 is 2.78 bits per heavy atom. The molecule has 8 heteroatoms. The van der Waals surface area contributed by atoms with Gasteiger partial charge in [0.15, 0.2) is 0 Å². The van der Waals surface area contributed by atoms with E-state index in [0.29, 0.717) is 6.42 Å². The van der Waals surface area contributed by atoms with Crippen LogP contribution in [0, 0.1) is 0 Å². The second-order valence-electron chi connectivity index (χ2n) is 3.50. The van der Waals surface area contributed by atoms with Gasteiger partial charge in [0.2, 0.25) is 0 Å². The molecule has 2 aromatic rings. The van der Waals surface area contributed by atoms with E-state index in [1.54, 1.807) is 16.2 Å². The lowest BCUT2D eigenvalue weighted by molar-refractivity contribution is 0.609. The molecule has 2 aromatic heterocycles. The number of aromatic nitrogens is 2. The Morgan fingerprint density at radius 1 is 1.44 bits per heavy atom. The first-order chi connectivity index (χ1) is 8.50. The van der Waals surface area contributed by atoms with Crippen molar-refractivity contribution in [1.82, 2.24) is 8.96 Å². The van der Waals surface area contributed by atoms with E-state index in [-0.39, 0.29) is 4.90 Å². The van der Waals surface area contributed by atoms with Gasteiger partial charge in [-0.05, 0) is 18.2 Å². The van der Waals surface area contributed by atoms with E-state index in [9.17, 15) is 8.42 Å². The summed E-state index contributed by atoms with van der Waals surface area (Å²) in [5.74, 6) is 0. The molecule has 96 valence electrons. The molecule has 0 unspecified atom stereocenters. The average molecular weight is 415 g/mol. The Bertz CT molecular complexity index is 643. The number of pyridine rings is 1. The van der Waals surface area contributed by atoms with E-state index < -0.39 is 9.05 Å². The van der Waals surface area contributed by atoms with Crippen LogP contribution < -0.4 is 0 Å². The van der Waals surface area contributed by atoms with E-state index in [2.05, 4.69) is 26.2 Å². The van der Waals surface area contributed by atoms with E-state index in [4.69, 9.17) is 10.7 Å². The summed E-state index contributed by atoms with van der Waals surface area (Å²) in [7, 11) is 3.03. The van der Waals surface area contributed by atoms with Crippen LogP contribution in [0.2, 0.25) is 0 Å². The third-order valence-corrected chi connectivity index (χ3v) is 5.36. The highest BCUT2D eigenvalue weighted by atomic mass is 127. The summed E-state index contributed by atoms with van der Waals surface area (Å²) < 4.78 is 24.4. The fourth-order valence-electron chi connectivity index (χ4n) is 1.48. The summed E-state index contributed by atoms with van der Waals surface area (Å²) in [6.07, 6.45) is 3.78. The fraction of sp³-hybridized carbons (Fsp3) is 0.100. The lowest BCUT2D eigenvalue weighted by Gasteiger charge is -2.02. The van der Waals surface area contributed by atoms with Gasteiger partial charge in [0.05, 0.1) is 0 Å². The zero-order valence-electron chi connectivity index (χ0n) is 8.95. The molecule has 18 heavy (non-hydrogen) atoms. The number of hydrogen-bond acceptors (Lipinski definition) is 4. The molecule has 0 radical (unpaired) electrons. The smallest absolute Gasteiger partial charge is 0.262 e. The molecule has 0 saturated heterocycles. The first kappa shape index (κ1) is 14.2. The van der Waals surface area contributed by atoms with Gasteiger partial charge in [-0.3, -0.25) is 8.96 Å². The second kappa shape index (κ2) is 5.81. The normalized spacial score (nSPS) is 11.7. The highest BCUT2D eigenvalue weighted by Gasteiger charge is 2.16. The van der Waals surface area contributed by atoms with Gasteiger partial charge in [-0.1, -0.05) is 6.07 Å². The summed E-state index contributed by atoms with van der Waals surface area (Å²) in [5.41, 5.74) is 1.72. The van der Waals surface area contributed by atoms with Crippen molar-refractivity contribution in [1.29, 1.82) is 0 Å². The molecule has 2 heterocycles. The van der Waals surface area contributed by atoms with Gasteiger partial charge in [0.25, 0.3) is 9.05 Å². The first-order valence-electron chi connectivity index (χ1n) is 4.85. The standard InChI is InChI=1S/C10H8ClIN2O2S2/c11-18(15,16)10-6-9(14(7-10)17-12)5-8-3-1-2-4-13-8/h1-4,6-7H,5H2. The van der Waals surface area contributed by atoms with Crippen LogP contribution >= 0.6 is 41.0 Å². The minimum absolute atomic E-state index is 0.110. The van der Waals surface area contributed by atoms with E-state index >= 15 is 0 Å². The maximum absolute atomic E-state index is 11.3. The molecule has 0 N–H and O–H groups in total.